The summed E-state index contributed by atoms with van der Waals surface area (Å²) in [5.74, 6) is -0.766. The van der Waals surface area contributed by atoms with Gasteiger partial charge in [-0.3, -0.25) is 0 Å². The maximum absolute atomic E-state index is 12.2. The molecule has 0 unspecified atom stereocenters. The normalized spacial score (nSPS) is 10.4. The number of rotatable bonds is 5. The number of esters is 2. The molecule has 5 heteroatoms. The van der Waals surface area contributed by atoms with Gasteiger partial charge in [0.15, 0.2) is 0 Å². The van der Waals surface area contributed by atoms with Gasteiger partial charge >= 0.3 is 11.9 Å². The lowest BCUT2D eigenvalue weighted by Crippen LogP contribution is -2.13. The molecule has 0 N–H and O–H groups in total. The number of carbonyl (C=O) groups is 2. The van der Waals surface area contributed by atoms with Crippen LogP contribution in [0.15, 0.2) is 30.3 Å². The predicted octanol–water partition coefficient (Wildman–Crippen LogP) is 3.45. The van der Waals surface area contributed by atoms with Gasteiger partial charge in [0.1, 0.15) is 5.69 Å². The molecule has 5 nitrogen and oxygen atoms in total. The van der Waals surface area contributed by atoms with Crippen LogP contribution in [0.2, 0.25) is 0 Å². The fourth-order valence-electron chi connectivity index (χ4n) is 2.41. The zero-order chi connectivity index (χ0) is 17.0. The molecule has 1 heterocycles. The predicted molar refractivity (Wildman–Crippen MR) is 87.2 cm³/mol. The van der Waals surface area contributed by atoms with Crippen molar-refractivity contribution in [1.29, 1.82) is 0 Å². The van der Waals surface area contributed by atoms with Crippen LogP contribution in [0.25, 0.3) is 5.69 Å². The number of aryl methyl sites for hydroxylation is 2. The average molecular weight is 315 g/mol. The number of ether oxygens (including phenoxy) is 2. The molecule has 0 bridgehead atoms. The van der Waals surface area contributed by atoms with Gasteiger partial charge in [-0.05, 0) is 57.5 Å². The Morgan fingerprint density at radius 3 is 2.26 bits per heavy atom. The molecule has 0 radical (unpaired) electrons. The van der Waals surface area contributed by atoms with Crippen molar-refractivity contribution in [1.82, 2.24) is 4.57 Å². The lowest BCUT2D eigenvalue weighted by Gasteiger charge is -2.15. The summed E-state index contributed by atoms with van der Waals surface area (Å²) in [5.41, 5.74) is 3.49. The molecule has 0 aliphatic rings. The number of aromatic nitrogens is 1. The quantitative estimate of drug-likeness (QED) is 0.793. The van der Waals surface area contributed by atoms with E-state index in [1.807, 2.05) is 26.0 Å². The van der Waals surface area contributed by atoms with Gasteiger partial charge < -0.3 is 14.0 Å². The standard InChI is InChI=1S/C18H21NO4/c1-5-22-17(20)14-9-7-12(3)16(11-14)19-13(4)8-10-15(19)18(21)23-6-2/h7-11H,5-6H2,1-4H3. The van der Waals surface area contributed by atoms with E-state index in [4.69, 9.17) is 9.47 Å². The zero-order valence-electron chi connectivity index (χ0n) is 13.9. The third-order valence-electron chi connectivity index (χ3n) is 3.52. The Hall–Kier alpha value is -2.56. The summed E-state index contributed by atoms with van der Waals surface area (Å²) in [6, 6.07) is 8.88. The van der Waals surface area contributed by atoms with Gasteiger partial charge in [-0.25, -0.2) is 9.59 Å². The van der Waals surface area contributed by atoms with E-state index in [1.165, 1.54) is 0 Å². The minimum Gasteiger partial charge on any atom is -0.462 e. The molecule has 23 heavy (non-hydrogen) atoms. The summed E-state index contributed by atoms with van der Waals surface area (Å²) in [4.78, 5) is 24.1. The molecular formula is C18H21NO4. The fourth-order valence-corrected chi connectivity index (χ4v) is 2.41. The first-order valence-electron chi connectivity index (χ1n) is 7.63. The zero-order valence-corrected chi connectivity index (χ0v) is 13.9. The molecule has 0 spiro atoms. The van der Waals surface area contributed by atoms with E-state index in [9.17, 15) is 9.59 Å². The first-order chi connectivity index (χ1) is 11.0. The minimum absolute atomic E-state index is 0.310. The van der Waals surface area contributed by atoms with Gasteiger partial charge in [0.25, 0.3) is 0 Å². The smallest absolute Gasteiger partial charge is 0.355 e. The van der Waals surface area contributed by atoms with Crippen LogP contribution in [-0.2, 0) is 9.47 Å². The van der Waals surface area contributed by atoms with Crippen molar-refractivity contribution in [2.75, 3.05) is 13.2 Å². The Balaban J connectivity index is 2.54. The van der Waals surface area contributed by atoms with Gasteiger partial charge in [-0.15, -0.1) is 0 Å². The second-order valence-corrected chi connectivity index (χ2v) is 5.14. The lowest BCUT2D eigenvalue weighted by atomic mass is 10.1. The summed E-state index contributed by atoms with van der Waals surface area (Å²) in [6.07, 6.45) is 0. The van der Waals surface area contributed by atoms with E-state index in [0.29, 0.717) is 24.5 Å². The van der Waals surface area contributed by atoms with E-state index in [-0.39, 0.29) is 11.9 Å². The van der Waals surface area contributed by atoms with Crippen molar-refractivity contribution in [3.63, 3.8) is 0 Å². The molecule has 0 amide bonds. The molecule has 0 aliphatic heterocycles. The molecule has 0 saturated carbocycles. The maximum Gasteiger partial charge on any atom is 0.355 e. The van der Waals surface area contributed by atoms with Gasteiger partial charge in [-0.2, -0.15) is 0 Å². The largest absolute Gasteiger partial charge is 0.462 e. The van der Waals surface area contributed by atoms with Gasteiger partial charge in [0, 0.05) is 11.4 Å². The minimum atomic E-state index is -0.387. The van der Waals surface area contributed by atoms with Crippen LogP contribution in [0.3, 0.4) is 0 Å². The number of hydrogen-bond donors (Lipinski definition) is 0. The molecule has 0 fully saturated rings. The number of carbonyl (C=O) groups excluding carboxylic acids is 2. The monoisotopic (exact) mass is 315 g/mol. The van der Waals surface area contributed by atoms with Crippen molar-refractivity contribution in [2.45, 2.75) is 27.7 Å². The van der Waals surface area contributed by atoms with Crippen LogP contribution in [0.1, 0.15) is 46.0 Å². The molecule has 2 aromatic rings. The number of hydrogen-bond acceptors (Lipinski definition) is 4. The van der Waals surface area contributed by atoms with Crippen LogP contribution < -0.4 is 0 Å². The fraction of sp³-hybridized carbons (Fsp3) is 0.333. The first-order valence-corrected chi connectivity index (χ1v) is 7.63. The summed E-state index contributed by atoms with van der Waals surface area (Å²) in [6.45, 7) is 7.99. The van der Waals surface area contributed by atoms with E-state index >= 15 is 0 Å². The second kappa shape index (κ2) is 7.13. The Bertz CT molecular complexity index is 731. The topological polar surface area (TPSA) is 57.5 Å². The third kappa shape index (κ3) is 3.44. The molecule has 0 saturated heterocycles. The van der Waals surface area contributed by atoms with E-state index < -0.39 is 0 Å². The third-order valence-corrected chi connectivity index (χ3v) is 3.52. The van der Waals surface area contributed by atoms with Crippen molar-refractivity contribution in [2.24, 2.45) is 0 Å². The van der Waals surface area contributed by atoms with Gasteiger partial charge in [0.05, 0.1) is 18.8 Å². The molecule has 0 atom stereocenters. The van der Waals surface area contributed by atoms with E-state index in [0.717, 1.165) is 16.9 Å². The van der Waals surface area contributed by atoms with Crippen molar-refractivity contribution in [3.05, 3.63) is 52.8 Å². The number of nitrogens with zero attached hydrogens (tertiary/aromatic N) is 1. The number of benzene rings is 1. The van der Waals surface area contributed by atoms with Crippen LogP contribution >= 0.6 is 0 Å². The maximum atomic E-state index is 12.2. The highest BCUT2D eigenvalue weighted by molar-refractivity contribution is 5.91. The van der Waals surface area contributed by atoms with Crippen LogP contribution in [0.5, 0.6) is 0 Å². The Morgan fingerprint density at radius 2 is 1.61 bits per heavy atom. The highest BCUT2D eigenvalue weighted by Crippen LogP contribution is 2.23. The summed E-state index contributed by atoms with van der Waals surface area (Å²) >= 11 is 0. The Kier molecular flexibility index (Phi) is 5.21. The molecular weight excluding hydrogens is 294 g/mol. The summed E-state index contributed by atoms with van der Waals surface area (Å²) in [7, 11) is 0. The second-order valence-electron chi connectivity index (χ2n) is 5.14. The van der Waals surface area contributed by atoms with E-state index in [2.05, 4.69) is 0 Å². The Morgan fingerprint density at radius 1 is 0.957 bits per heavy atom. The van der Waals surface area contributed by atoms with Crippen LogP contribution in [-0.4, -0.2) is 29.7 Å². The molecule has 0 aliphatic carbocycles. The summed E-state index contributed by atoms with van der Waals surface area (Å²) < 4.78 is 12.0. The molecule has 1 aromatic heterocycles. The van der Waals surface area contributed by atoms with Crippen molar-refractivity contribution in [3.8, 4) is 5.69 Å². The average Bonchev–Trinajstić information content (AvgIpc) is 2.90. The van der Waals surface area contributed by atoms with E-state index in [1.54, 1.807) is 36.6 Å². The molecule has 2 rings (SSSR count). The first kappa shape index (κ1) is 16.8. The van der Waals surface area contributed by atoms with Gasteiger partial charge in [0.2, 0.25) is 0 Å². The van der Waals surface area contributed by atoms with Gasteiger partial charge in [-0.1, -0.05) is 6.07 Å². The lowest BCUT2D eigenvalue weighted by molar-refractivity contribution is 0.0512. The highest BCUT2D eigenvalue weighted by atomic mass is 16.5. The summed E-state index contributed by atoms with van der Waals surface area (Å²) in [5, 5.41) is 0. The van der Waals surface area contributed by atoms with Crippen LogP contribution in [0, 0.1) is 13.8 Å². The SMILES string of the molecule is CCOC(=O)c1ccc(C)c(-n2c(C)ccc2C(=O)OCC)c1. The van der Waals surface area contributed by atoms with Crippen LogP contribution in [0.4, 0.5) is 0 Å². The Labute approximate surface area is 135 Å². The molecule has 1 aromatic carbocycles. The highest BCUT2D eigenvalue weighted by Gasteiger charge is 2.18. The molecule has 122 valence electrons. The van der Waals surface area contributed by atoms with Crippen molar-refractivity contribution < 1.29 is 19.1 Å². The van der Waals surface area contributed by atoms with Crippen molar-refractivity contribution >= 4 is 11.9 Å².